The van der Waals surface area contributed by atoms with Crippen molar-refractivity contribution in [2.24, 2.45) is 0 Å². The van der Waals surface area contributed by atoms with Crippen LogP contribution in [0.2, 0.25) is 5.02 Å². The van der Waals surface area contributed by atoms with Gasteiger partial charge in [-0.25, -0.2) is 4.79 Å². The molecule has 0 spiro atoms. The van der Waals surface area contributed by atoms with Gasteiger partial charge in [0.15, 0.2) is 0 Å². The fraction of sp³-hybridized carbons (Fsp3) is 0.562. The average molecular weight is 295 g/mol. The number of nitrogens with one attached hydrogen (secondary N) is 2. The van der Waals surface area contributed by atoms with E-state index in [1.807, 2.05) is 24.3 Å². The van der Waals surface area contributed by atoms with Crippen LogP contribution in [0.5, 0.6) is 0 Å². The van der Waals surface area contributed by atoms with Gasteiger partial charge in [-0.15, -0.1) is 0 Å². The number of carbonyl (C=O) groups is 1. The van der Waals surface area contributed by atoms with Crippen LogP contribution in [0.15, 0.2) is 24.3 Å². The van der Waals surface area contributed by atoms with Crippen LogP contribution in [0, 0.1) is 0 Å². The first-order valence-corrected chi connectivity index (χ1v) is 7.90. The third-order valence-corrected chi connectivity index (χ3v) is 4.03. The van der Waals surface area contributed by atoms with Gasteiger partial charge in [-0.1, -0.05) is 43.0 Å². The van der Waals surface area contributed by atoms with Gasteiger partial charge in [-0.2, -0.15) is 0 Å². The van der Waals surface area contributed by atoms with E-state index in [0.29, 0.717) is 12.6 Å². The van der Waals surface area contributed by atoms with E-state index in [1.165, 1.54) is 24.8 Å². The molecule has 0 unspecified atom stereocenters. The summed E-state index contributed by atoms with van der Waals surface area (Å²) in [6, 6.07) is 8.22. The lowest BCUT2D eigenvalue weighted by atomic mass is 9.96. The first-order valence-electron chi connectivity index (χ1n) is 7.53. The molecule has 4 heteroatoms. The minimum absolute atomic E-state index is 0.0204. The van der Waals surface area contributed by atoms with Crippen molar-refractivity contribution in [3.05, 3.63) is 34.9 Å². The summed E-state index contributed by atoms with van der Waals surface area (Å²) >= 11 is 5.84. The molecule has 0 saturated heterocycles. The van der Waals surface area contributed by atoms with Gasteiger partial charge in [0.2, 0.25) is 0 Å². The molecule has 0 bridgehead atoms. The van der Waals surface area contributed by atoms with Gasteiger partial charge in [-0.3, -0.25) is 0 Å². The van der Waals surface area contributed by atoms with Crippen molar-refractivity contribution < 1.29 is 4.79 Å². The standard InChI is InChI=1S/C16H23ClN2O/c17-14-10-8-13(9-11-14)5-4-12-18-16(20)19-15-6-2-1-3-7-15/h8-11,15H,1-7,12H2,(H2,18,19,20). The van der Waals surface area contributed by atoms with Crippen molar-refractivity contribution in [1.29, 1.82) is 0 Å². The Hall–Kier alpha value is -1.22. The molecule has 0 radical (unpaired) electrons. The van der Waals surface area contributed by atoms with Crippen molar-refractivity contribution in [1.82, 2.24) is 10.6 Å². The number of hydrogen-bond acceptors (Lipinski definition) is 1. The second-order valence-corrected chi connectivity index (χ2v) is 5.90. The third kappa shape index (κ3) is 5.41. The summed E-state index contributed by atoms with van der Waals surface area (Å²) in [6.45, 7) is 0.710. The molecular weight excluding hydrogens is 272 g/mol. The quantitative estimate of drug-likeness (QED) is 0.795. The van der Waals surface area contributed by atoms with Gasteiger partial charge in [0.25, 0.3) is 0 Å². The Bertz CT molecular complexity index is 413. The normalized spacial score (nSPS) is 15.8. The lowest BCUT2D eigenvalue weighted by Crippen LogP contribution is -2.43. The highest BCUT2D eigenvalue weighted by Gasteiger charge is 2.14. The number of urea groups is 1. The molecule has 1 saturated carbocycles. The Labute approximate surface area is 126 Å². The number of rotatable bonds is 5. The van der Waals surface area contributed by atoms with Gasteiger partial charge in [0.05, 0.1) is 0 Å². The SMILES string of the molecule is O=C(NCCCc1ccc(Cl)cc1)NC1CCCCC1. The molecule has 1 aliphatic carbocycles. The first-order chi connectivity index (χ1) is 9.74. The monoisotopic (exact) mass is 294 g/mol. The van der Waals surface area contributed by atoms with Crippen LogP contribution in [-0.4, -0.2) is 18.6 Å². The average Bonchev–Trinajstić information content (AvgIpc) is 2.46. The highest BCUT2D eigenvalue weighted by atomic mass is 35.5. The summed E-state index contributed by atoms with van der Waals surface area (Å²) in [7, 11) is 0. The molecule has 1 aromatic rings. The lowest BCUT2D eigenvalue weighted by Gasteiger charge is -2.22. The molecule has 0 heterocycles. The van der Waals surface area contributed by atoms with Crippen LogP contribution in [0.1, 0.15) is 44.1 Å². The maximum atomic E-state index is 11.7. The highest BCUT2D eigenvalue weighted by Crippen LogP contribution is 2.17. The minimum atomic E-state index is -0.0204. The zero-order chi connectivity index (χ0) is 14.2. The second-order valence-electron chi connectivity index (χ2n) is 5.47. The summed E-state index contributed by atoms with van der Waals surface area (Å²) in [5.41, 5.74) is 1.25. The van der Waals surface area contributed by atoms with Crippen LogP contribution in [0.3, 0.4) is 0 Å². The Morgan fingerprint density at radius 3 is 2.55 bits per heavy atom. The number of benzene rings is 1. The number of amides is 2. The molecule has 3 nitrogen and oxygen atoms in total. The van der Waals surface area contributed by atoms with E-state index >= 15 is 0 Å². The second kappa shape index (κ2) is 8.15. The van der Waals surface area contributed by atoms with E-state index in [4.69, 9.17) is 11.6 Å². The summed E-state index contributed by atoms with van der Waals surface area (Å²) in [6.07, 6.45) is 7.93. The molecule has 20 heavy (non-hydrogen) atoms. The van der Waals surface area contributed by atoms with Crippen molar-refractivity contribution >= 4 is 17.6 Å². The highest BCUT2D eigenvalue weighted by molar-refractivity contribution is 6.30. The van der Waals surface area contributed by atoms with Gasteiger partial charge >= 0.3 is 6.03 Å². The van der Waals surface area contributed by atoms with E-state index < -0.39 is 0 Å². The molecular formula is C16H23ClN2O. The van der Waals surface area contributed by atoms with Gasteiger partial charge in [-0.05, 0) is 43.4 Å². The number of hydrogen-bond donors (Lipinski definition) is 2. The fourth-order valence-corrected chi connectivity index (χ4v) is 2.75. The minimum Gasteiger partial charge on any atom is -0.338 e. The molecule has 2 N–H and O–H groups in total. The lowest BCUT2D eigenvalue weighted by molar-refractivity contribution is 0.232. The van der Waals surface area contributed by atoms with E-state index in [9.17, 15) is 4.79 Å². The predicted octanol–water partition coefficient (Wildman–Crippen LogP) is 3.90. The molecule has 1 aliphatic rings. The van der Waals surface area contributed by atoms with Crippen LogP contribution in [-0.2, 0) is 6.42 Å². The zero-order valence-corrected chi connectivity index (χ0v) is 12.6. The van der Waals surface area contributed by atoms with E-state index in [2.05, 4.69) is 10.6 Å². The van der Waals surface area contributed by atoms with E-state index in [-0.39, 0.29) is 6.03 Å². The predicted molar refractivity (Wildman–Crippen MR) is 83.2 cm³/mol. The summed E-state index contributed by atoms with van der Waals surface area (Å²) in [5.74, 6) is 0. The smallest absolute Gasteiger partial charge is 0.315 e. The molecule has 110 valence electrons. The van der Waals surface area contributed by atoms with Gasteiger partial charge in [0.1, 0.15) is 0 Å². The van der Waals surface area contributed by atoms with Crippen LogP contribution < -0.4 is 10.6 Å². The van der Waals surface area contributed by atoms with Crippen molar-refractivity contribution in [3.63, 3.8) is 0 Å². The largest absolute Gasteiger partial charge is 0.338 e. The van der Waals surface area contributed by atoms with Crippen LogP contribution in [0.4, 0.5) is 4.79 Å². The molecule has 2 amide bonds. The molecule has 0 atom stereocenters. The number of carbonyl (C=O) groups excluding carboxylic acids is 1. The van der Waals surface area contributed by atoms with Gasteiger partial charge < -0.3 is 10.6 Å². The number of aryl methyl sites for hydroxylation is 1. The molecule has 0 aromatic heterocycles. The Morgan fingerprint density at radius 1 is 1.15 bits per heavy atom. The van der Waals surface area contributed by atoms with Crippen LogP contribution >= 0.6 is 11.6 Å². The number of halogens is 1. The summed E-state index contributed by atoms with van der Waals surface area (Å²) in [4.78, 5) is 11.7. The third-order valence-electron chi connectivity index (χ3n) is 3.78. The molecule has 2 rings (SSSR count). The molecule has 0 aliphatic heterocycles. The van der Waals surface area contributed by atoms with Crippen LogP contribution in [0.25, 0.3) is 0 Å². The Morgan fingerprint density at radius 2 is 1.85 bits per heavy atom. The zero-order valence-electron chi connectivity index (χ0n) is 11.8. The van der Waals surface area contributed by atoms with Crippen molar-refractivity contribution in [2.75, 3.05) is 6.54 Å². The topological polar surface area (TPSA) is 41.1 Å². The first kappa shape index (κ1) is 15.2. The fourth-order valence-electron chi connectivity index (χ4n) is 2.63. The molecule has 1 fully saturated rings. The van der Waals surface area contributed by atoms with E-state index in [0.717, 1.165) is 30.7 Å². The van der Waals surface area contributed by atoms with Crippen molar-refractivity contribution in [3.8, 4) is 0 Å². The summed E-state index contributed by atoms with van der Waals surface area (Å²) in [5, 5.41) is 6.76. The van der Waals surface area contributed by atoms with E-state index in [1.54, 1.807) is 0 Å². The maximum absolute atomic E-state index is 11.7. The summed E-state index contributed by atoms with van der Waals surface area (Å²) < 4.78 is 0. The molecule has 1 aromatic carbocycles. The maximum Gasteiger partial charge on any atom is 0.315 e. The Balaban J connectivity index is 1.58. The van der Waals surface area contributed by atoms with Gasteiger partial charge in [0, 0.05) is 17.6 Å². The van der Waals surface area contributed by atoms with Crippen molar-refractivity contribution in [2.45, 2.75) is 51.0 Å². The Kier molecular flexibility index (Phi) is 6.19.